The zero-order valence-electron chi connectivity index (χ0n) is 9.91. The van der Waals surface area contributed by atoms with Crippen molar-refractivity contribution in [3.05, 3.63) is 17.1 Å². The molecular weight excluding hydrogens is 222 g/mol. The van der Waals surface area contributed by atoms with Crippen LogP contribution in [0.5, 0.6) is 0 Å². The first-order chi connectivity index (χ1) is 7.74. The second-order valence-corrected chi connectivity index (χ2v) is 4.89. The van der Waals surface area contributed by atoms with Crippen LogP contribution in [0, 0.1) is 0 Å². The molecule has 1 atom stereocenters. The van der Waals surface area contributed by atoms with Crippen molar-refractivity contribution in [2.45, 2.75) is 31.0 Å². The molecule has 1 aliphatic heterocycles. The summed E-state index contributed by atoms with van der Waals surface area (Å²) in [6.45, 7) is 2.03. The number of methoxy groups -OCH3 is 1. The van der Waals surface area contributed by atoms with Crippen molar-refractivity contribution in [2.75, 3.05) is 19.5 Å². The molecule has 0 saturated heterocycles. The van der Waals surface area contributed by atoms with Gasteiger partial charge in [0.25, 0.3) is 0 Å². The number of ether oxygens (including phenoxy) is 1. The van der Waals surface area contributed by atoms with Gasteiger partial charge >= 0.3 is 0 Å². The third-order valence-electron chi connectivity index (χ3n) is 2.73. The molecule has 88 valence electrons. The molecule has 1 aromatic rings. The van der Waals surface area contributed by atoms with Gasteiger partial charge in [-0.05, 0) is 6.92 Å². The minimum absolute atomic E-state index is 0.164. The number of thioether (sulfide) groups is 1. The summed E-state index contributed by atoms with van der Waals surface area (Å²) in [6.07, 6.45) is 0.931. The highest BCUT2D eigenvalue weighted by atomic mass is 32.2. The molecule has 2 rings (SSSR count). The van der Waals surface area contributed by atoms with Gasteiger partial charge in [0.05, 0.1) is 11.8 Å². The van der Waals surface area contributed by atoms with Gasteiger partial charge in [-0.15, -0.1) is 0 Å². The Morgan fingerprint density at radius 1 is 1.44 bits per heavy atom. The van der Waals surface area contributed by atoms with E-state index in [0.717, 1.165) is 29.6 Å². The fourth-order valence-corrected chi connectivity index (χ4v) is 2.78. The Labute approximate surface area is 100 Å². The van der Waals surface area contributed by atoms with Crippen molar-refractivity contribution in [3.63, 3.8) is 0 Å². The average molecular weight is 239 g/mol. The summed E-state index contributed by atoms with van der Waals surface area (Å²) >= 11 is 1.89. The lowest BCUT2D eigenvalue weighted by Crippen LogP contribution is -2.13. The Balaban J connectivity index is 2.27. The highest BCUT2D eigenvalue weighted by Crippen LogP contribution is 2.32. The lowest BCUT2D eigenvalue weighted by molar-refractivity contribution is 0.117. The molecule has 1 aliphatic rings. The van der Waals surface area contributed by atoms with E-state index in [1.807, 2.05) is 25.7 Å². The van der Waals surface area contributed by atoms with Crippen molar-refractivity contribution in [1.82, 2.24) is 9.97 Å². The highest BCUT2D eigenvalue weighted by Gasteiger charge is 2.19. The van der Waals surface area contributed by atoms with E-state index in [4.69, 9.17) is 4.74 Å². The smallest absolute Gasteiger partial charge is 0.133 e. The second kappa shape index (κ2) is 5.01. The number of hydrogen-bond acceptors (Lipinski definition) is 5. The summed E-state index contributed by atoms with van der Waals surface area (Å²) in [4.78, 5) is 9.13. The van der Waals surface area contributed by atoms with Gasteiger partial charge in [-0.1, -0.05) is 0 Å². The van der Waals surface area contributed by atoms with E-state index in [1.165, 1.54) is 11.3 Å². The molecule has 4 nitrogen and oxygen atoms in total. The fourth-order valence-electron chi connectivity index (χ4n) is 1.74. The molecule has 0 amide bonds. The van der Waals surface area contributed by atoms with Crippen LogP contribution in [0.3, 0.4) is 0 Å². The summed E-state index contributed by atoms with van der Waals surface area (Å²) < 4.78 is 5.24. The maximum absolute atomic E-state index is 5.24. The molecule has 16 heavy (non-hydrogen) atoms. The molecule has 0 saturated carbocycles. The standard InChI is InChI=1S/C11H17N3OS/c1-7(15-3)4-10-13-9-6-16-5-8(9)11(12-2)14-10/h7H,4-6H2,1-3H3,(H,12,13,14). The first kappa shape index (κ1) is 11.7. The first-order valence-electron chi connectivity index (χ1n) is 5.41. The lowest BCUT2D eigenvalue weighted by atomic mass is 10.2. The van der Waals surface area contributed by atoms with Crippen LogP contribution >= 0.6 is 11.8 Å². The van der Waals surface area contributed by atoms with E-state index in [1.54, 1.807) is 7.11 Å². The third kappa shape index (κ3) is 2.30. The van der Waals surface area contributed by atoms with Crippen LogP contribution in [0.2, 0.25) is 0 Å². The molecule has 1 N–H and O–H groups in total. The SMILES string of the molecule is CNc1nc(CC(C)OC)nc2c1CSC2. The normalized spacial score (nSPS) is 15.9. The van der Waals surface area contributed by atoms with Gasteiger partial charge in [-0.3, -0.25) is 0 Å². The molecular formula is C11H17N3OS. The van der Waals surface area contributed by atoms with Gasteiger partial charge in [0.15, 0.2) is 0 Å². The van der Waals surface area contributed by atoms with Crippen LogP contribution in [0.4, 0.5) is 5.82 Å². The largest absolute Gasteiger partial charge is 0.381 e. The monoisotopic (exact) mass is 239 g/mol. The highest BCUT2D eigenvalue weighted by molar-refractivity contribution is 7.98. The van der Waals surface area contributed by atoms with Crippen LogP contribution in [-0.4, -0.2) is 30.2 Å². The van der Waals surface area contributed by atoms with Crippen LogP contribution in [0.1, 0.15) is 24.0 Å². The predicted octanol–water partition coefficient (Wildman–Crippen LogP) is 1.84. The quantitative estimate of drug-likeness (QED) is 0.868. The summed E-state index contributed by atoms with van der Waals surface area (Å²) in [5, 5.41) is 3.15. The molecule has 1 aromatic heterocycles. The van der Waals surface area contributed by atoms with E-state index in [2.05, 4.69) is 15.3 Å². The minimum atomic E-state index is 0.164. The van der Waals surface area contributed by atoms with Gasteiger partial charge in [0.2, 0.25) is 0 Å². The maximum Gasteiger partial charge on any atom is 0.133 e. The predicted molar refractivity (Wildman–Crippen MR) is 66.8 cm³/mol. The fraction of sp³-hybridized carbons (Fsp3) is 0.636. The summed E-state index contributed by atoms with van der Waals surface area (Å²) in [5.74, 6) is 3.88. The summed E-state index contributed by atoms with van der Waals surface area (Å²) in [6, 6.07) is 0. The molecule has 0 radical (unpaired) electrons. The van der Waals surface area contributed by atoms with E-state index in [9.17, 15) is 0 Å². The van der Waals surface area contributed by atoms with Crippen molar-refractivity contribution in [2.24, 2.45) is 0 Å². The molecule has 0 fully saturated rings. The zero-order chi connectivity index (χ0) is 11.5. The van der Waals surface area contributed by atoms with Gasteiger partial charge in [-0.2, -0.15) is 11.8 Å². The van der Waals surface area contributed by atoms with Crippen LogP contribution < -0.4 is 5.32 Å². The number of fused-ring (bicyclic) bond motifs is 1. The number of aromatic nitrogens is 2. The molecule has 0 spiro atoms. The Morgan fingerprint density at radius 3 is 2.94 bits per heavy atom. The Bertz CT molecular complexity index is 384. The number of hydrogen-bond donors (Lipinski definition) is 1. The van der Waals surface area contributed by atoms with E-state index in [-0.39, 0.29) is 6.10 Å². The number of nitrogens with one attached hydrogen (secondary N) is 1. The Kier molecular flexibility index (Phi) is 3.66. The number of nitrogens with zero attached hydrogens (tertiary/aromatic N) is 2. The van der Waals surface area contributed by atoms with Crippen molar-refractivity contribution >= 4 is 17.6 Å². The molecule has 1 unspecified atom stereocenters. The number of rotatable bonds is 4. The molecule has 0 aromatic carbocycles. The van der Waals surface area contributed by atoms with Gasteiger partial charge in [0, 0.05) is 37.6 Å². The molecule has 0 aliphatic carbocycles. The second-order valence-electron chi connectivity index (χ2n) is 3.91. The van der Waals surface area contributed by atoms with Crippen molar-refractivity contribution < 1.29 is 4.74 Å². The Hall–Kier alpha value is -0.810. The van der Waals surface area contributed by atoms with Gasteiger partial charge in [-0.25, -0.2) is 9.97 Å². The van der Waals surface area contributed by atoms with E-state index in [0.29, 0.717) is 0 Å². The van der Waals surface area contributed by atoms with Crippen molar-refractivity contribution in [3.8, 4) is 0 Å². The Morgan fingerprint density at radius 2 is 2.25 bits per heavy atom. The van der Waals surface area contributed by atoms with Gasteiger partial charge in [0.1, 0.15) is 11.6 Å². The molecule has 0 bridgehead atoms. The average Bonchev–Trinajstić information content (AvgIpc) is 2.75. The molecule has 2 heterocycles. The van der Waals surface area contributed by atoms with E-state index < -0.39 is 0 Å². The topological polar surface area (TPSA) is 47.0 Å². The lowest BCUT2D eigenvalue weighted by Gasteiger charge is -2.11. The molecule has 5 heteroatoms. The van der Waals surface area contributed by atoms with Crippen LogP contribution in [-0.2, 0) is 22.7 Å². The van der Waals surface area contributed by atoms with E-state index >= 15 is 0 Å². The van der Waals surface area contributed by atoms with Crippen LogP contribution in [0.25, 0.3) is 0 Å². The van der Waals surface area contributed by atoms with Gasteiger partial charge < -0.3 is 10.1 Å². The van der Waals surface area contributed by atoms with Crippen molar-refractivity contribution in [1.29, 1.82) is 0 Å². The number of anilines is 1. The third-order valence-corrected chi connectivity index (χ3v) is 3.70. The zero-order valence-corrected chi connectivity index (χ0v) is 10.7. The maximum atomic E-state index is 5.24. The summed E-state index contributed by atoms with van der Waals surface area (Å²) in [7, 11) is 3.63. The first-order valence-corrected chi connectivity index (χ1v) is 6.57. The van der Waals surface area contributed by atoms with Crippen LogP contribution in [0.15, 0.2) is 0 Å². The minimum Gasteiger partial charge on any atom is -0.381 e. The summed E-state index contributed by atoms with van der Waals surface area (Å²) in [5.41, 5.74) is 2.45.